The minimum Gasteiger partial charge on any atom is -0.493 e. The Balaban J connectivity index is 1.93. The van der Waals surface area contributed by atoms with E-state index in [0.717, 1.165) is 12.8 Å². The number of rotatable bonds is 20. The van der Waals surface area contributed by atoms with Crippen molar-refractivity contribution in [1.82, 2.24) is 15.5 Å². The number of benzene rings is 2. The number of nitrogens with zero attached hydrogens (tertiary/aromatic N) is 2. The van der Waals surface area contributed by atoms with Gasteiger partial charge in [0.15, 0.2) is 11.5 Å². The Morgan fingerprint density at radius 2 is 1.70 bits per heavy atom. The molecule has 0 aromatic heterocycles. The van der Waals surface area contributed by atoms with Crippen LogP contribution in [-0.4, -0.2) is 91.6 Å². The predicted molar refractivity (Wildman–Crippen MR) is 190 cm³/mol. The van der Waals surface area contributed by atoms with E-state index in [1.165, 1.54) is 18.2 Å². The maximum atomic E-state index is 13.8. The van der Waals surface area contributed by atoms with Gasteiger partial charge in [0.1, 0.15) is 12.7 Å². The number of allylic oxidation sites excluding steroid dienone is 1. The average Bonchev–Trinajstić information content (AvgIpc) is 3.08. The lowest BCUT2D eigenvalue weighted by molar-refractivity contribution is -0.384. The molecule has 0 spiro atoms. The van der Waals surface area contributed by atoms with Gasteiger partial charge in [0.25, 0.3) is 5.69 Å². The number of ether oxygens (including phenoxy) is 4. The predicted octanol–water partition coefficient (Wildman–Crippen LogP) is 4.85. The maximum Gasteiger partial charge on any atom is 0.336 e. The van der Waals surface area contributed by atoms with Gasteiger partial charge in [-0.1, -0.05) is 37.6 Å². The Hall–Kier alpha value is -4.46. The number of hydrogen-bond acceptors (Lipinski definition) is 12. The number of para-hydroxylation sites is 2. The van der Waals surface area contributed by atoms with Crippen molar-refractivity contribution in [3.63, 3.8) is 0 Å². The van der Waals surface area contributed by atoms with E-state index in [9.17, 15) is 24.8 Å². The van der Waals surface area contributed by atoms with Gasteiger partial charge in [-0.2, -0.15) is 0 Å². The number of dihydropyridines is 1. The molecule has 13 heteroatoms. The molecule has 0 bridgehead atoms. The van der Waals surface area contributed by atoms with E-state index in [1.54, 1.807) is 46.1 Å². The topological polar surface area (TPSA) is 162 Å². The Morgan fingerprint density at radius 1 is 1.04 bits per heavy atom. The number of carbonyl (C=O) groups is 2. The van der Waals surface area contributed by atoms with Crippen LogP contribution in [0.5, 0.6) is 11.5 Å². The van der Waals surface area contributed by atoms with Crippen LogP contribution < -0.4 is 20.1 Å². The molecule has 1 aliphatic heterocycles. The van der Waals surface area contributed by atoms with Gasteiger partial charge in [0, 0.05) is 48.7 Å². The van der Waals surface area contributed by atoms with E-state index >= 15 is 0 Å². The van der Waals surface area contributed by atoms with E-state index < -0.39 is 34.4 Å². The van der Waals surface area contributed by atoms with E-state index in [4.69, 9.17) is 18.9 Å². The van der Waals surface area contributed by atoms with Gasteiger partial charge in [-0.15, -0.1) is 0 Å². The third-order valence-corrected chi connectivity index (χ3v) is 8.19. The van der Waals surface area contributed by atoms with E-state index in [2.05, 4.69) is 22.5 Å². The van der Waals surface area contributed by atoms with Crippen LogP contribution in [0.4, 0.5) is 5.69 Å². The quantitative estimate of drug-likeness (QED) is 0.0982. The molecule has 13 nitrogen and oxygen atoms in total. The molecule has 2 atom stereocenters. The summed E-state index contributed by atoms with van der Waals surface area (Å²) in [5, 5.41) is 29.3. The number of aliphatic hydroxyl groups excluding tert-OH is 1. The highest BCUT2D eigenvalue weighted by molar-refractivity contribution is 6.00. The first-order valence-corrected chi connectivity index (χ1v) is 17.1. The molecule has 3 rings (SSSR count). The van der Waals surface area contributed by atoms with Crippen molar-refractivity contribution in [2.75, 3.05) is 53.1 Å². The Kier molecular flexibility index (Phi) is 15.2. The smallest absolute Gasteiger partial charge is 0.336 e. The molecule has 0 fully saturated rings. The van der Waals surface area contributed by atoms with Gasteiger partial charge in [-0.25, -0.2) is 9.59 Å². The van der Waals surface area contributed by atoms with Gasteiger partial charge < -0.3 is 34.7 Å². The minimum absolute atomic E-state index is 0.0656. The average molecular weight is 697 g/mol. The van der Waals surface area contributed by atoms with Crippen LogP contribution in [0.15, 0.2) is 71.1 Å². The number of nitrogens with one attached hydrogen (secondary N) is 2. The highest BCUT2D eigenvalue weighted by Crippen LogP contribution is 2.40. The maximum absolute atomic E-state index is 13.8. The molecule has 0 saturated heterocycles. The second-order valence-corrected chi connectivity index (χ2v) is 12.7. The van der Waals surface area contributed by atoms with E-state index in [-0.39, 0.29) is 49.7 Å². The van der Waals surface area contributed by atoms with Crippen LogP contribution >= 0.6 is 0 Å². The first-order valence-electron chi connectivity index (χ1n) is 17.1. The molecule has 2 unspecified atom stereocenters. The molecule has 1 heterocycles. The van der Waals surface area contributed by atoms with E-state index in [0.29, 0.717) is 41.5 Å². The summed E-state index contributed by atoms with van der Waals surface area (Å²) in [4.78, 5) is 40.6. The number of non-ortho nitro benzene ring substituents is 1. The van der Waals surface area contributed by atoms with Crippen molar-refractivity contribution in [3.05, 3.63) is 86.7 Å². The van der Waals surface area contributed by atoms with Gasteiger partial charge in [-0.05, 0) is 65.3 Å². The minimum atomic E-state index is -0.971. The lowest BCUT2D eigenvalue weighted by atomic mass is 9.80. The number of methoxy groups -OCH3 is 1. The van der Waals surface area contributed by atoms with Crippen molar-refractivity contribution in [1.29, 1.82) is 0 Å². The Bertz CT molecular complexity index is 1540. The summed E-state index contributed by atoms with van der Waals surface area (Å²) < 4.78 is 22.1. The number of nitro benzene ring substituents is 1. The van der Waals surface area contributed by atoms with Gasteiger partial charge in [0.2, 0.25) is 0 Å². The molecule has 0 amide bonds. The molecular formula is C37H52N4O9. The second-order valence-electron chi connectivity index (χ2n) is 12.7. The molecular weight excluding hydrogens is 644 g/mol. The zero-order chi connectivity index (χ0) is 36.8. The summed E-state index contributed by atoms with van der Waals surface area (Å²) in [7, 11) is 1.56. The van der Waals surface area contributed by atoms with Crippen molar-refractivity contribution in [3.8, 4) is 11.5 Å². The summed E-state index contributed by atoms with van der Waals surface area (Å²) in [6.45, 7) is 13.3. The summed E-state index contributed by atoms with van der Waals surface area (Å²) >= 11 is 0. The number of hydrogen-bond donors (Lipinski definition) is 3. The first kappa shape index (κ1) is 40.0. The molecule has 2 aromatic rings. The van der Waals surface area contributed by atoms with Crippen LogP contribution in [0.2, 0.25) is 0 Å². The van der Waals surface area contributed by atoms with Crippen LogP contribution in [0, 0.1) is 10.1 Å². The lowest BCUT2D eigenvalue weighted by Gasteiger charge is -2.37. The fourth-order valence-electron chi connectivity index (χ4n) is 5.91. The molecule has 1 aliphatic rings. The molecule has 2 aromatic carbocycles. The third kappa shape index (κ3) is 11.0. The number of nitro groups is 1. The van der Waals surface area contributed by atoms with Crippen molar-refractivity contribution < 1.29 is 38.6 Å². The van der Waals surface area contributed by atoms with Gasteiger partial charge >= 0.3 is 11.9 Å². The zero-order valence-electron chi connectivity index (χ0n) is 30.2. The molecule has 274 valence electrons. The normalized spacial score (nSPS) is 15.4. The Morgan fingerprint density at radius 3 is 2.32 bits per heavy atom. The Labute approximate surface area is 294 Å². The standard InChI is InChI=1S/C37H52N4O9/c1-8-11-19-40(24-37(5,6)38-21-28(42)23-50-31-18-13-12-17-30(31)47-7)22-29-34(36(44)49-10-3)33(26-15-14-16-27(20-26)41(45)46)32(25(4)39-29)35(43)48-9-2/h12-18,20,28,33,38-39,42H,8-11,19,21-24H2,1-7H3. The van der Waals surface area contributed by atoms with Gasteiger partial charge in [-0.3, -0.25) is 15.0 Å². The van der Waals surface area contributed by atoms with Crippen LogP contribution in [0.25, 0.3) is 0 Å². The number of esters is 2. The highest BCUT2D eigenvalue weighted by Gasteiger charge is 2.40. The highest BCUT2D eigenvalue weighted by atomic mass is 16.6. The third-order valence-electron chi connectivity index (χ3n) is 8.19. The number of carbonyl (C=O) groups excluding carboxylic acids is 2. The van der Waals surface area contributed by atoms with Crippen LogP contribution in [0.3, 0.4) is 0 Å². The van der Waals surface area contributed by atoms with Crippen molar-refractivity contribution >= 4 is 17.6 Å². The zero-order valence-corrected chi connectivity index (χ0v) is 30.2. The summed E-state index contributed by atoms with van der Waals surface area (Å²) in [6.07, 6.45) is 1.01. The first-order chi connectivity index (χ1) is 23.8. The fraction of sp³-hybridized carbons (Fsp3) is 0.514. The molecule has 0 saturated carbocycles. The summed E-state index contributed by atoms with van der Waals surface area (Å²) in [5.74, 6) is -1.10. The van der Waals surface area contributed by atoms with Crippen molar-refractivity contribution in [2.24, 2.45) is 0 Å². The number of β-amino-alcohol motifs (C(OH)–C–C–N with tert-alkyl or cyclic N) is 1. The SMILES string of the molecule is CCCCN(CC1=C(C(=O)OCC)C(c2cccc([N+](=O)[O-])c2)C(C(=O)OCC)=C(C)N1)CC(C)(C)NCC(O)COc1ccccc1OC. The fourth-order valence-corrected chi connectivity index (χ4v) is 5.91. The van der Waals surface area contributed by atoms with Gasteiger partial charge in [0.05, 0.1) is 42.3 Å². The number of aliphatic hydroxyl groups is 1. The lowest BCUT2D eigenvalue weighted by Crippen LogP contribution is -2.53. The number of unbranched alkanes of at least 4 members (excludes halogenated alkanes) is 1. The second kappa shape index (κ2) is 19.1. The molecule has 50 heavy (non-hydrogen) atoms. The van der Waals surface area contributed by atoms with Crippen LogP contribution in [0.1, 0.15) is 65.9 Å². The largest absolute Gasteiger partial charge is 0.493 e. The molecule has 0 aliphatic carbocycles. The van der Waals surface area contributed by atoms with Crippen LogP contribution in [-0.2, 0) is 19.1 Å². The van der Waals surface area contributed by atoms with Crippen molar-refractivity contribution in [2.45, 2.75) is 71.9 Å². The monoisotopic (exact) mass is 696 g/mol. The van der Waals surface area contributed by atoms with E-state index in [1.807, 2.05) is 26.0 Å². The summed E-state index contributed by atoms with van der Waals surface area (Å²) in [6, 6.07) is 13.2. The molecule has 0 radical (unpaired) electrons. The summed E-state index contributed by atoms with van der Waals surface area (Å²) in [5.41, 5.74) is 1.13. The molecule has 3 N–H and O–H groups in total.